The Morgan fingerprint density at radius 2 is 1.62 bits per heavy atom. The first-order valence-corrected chi connectivity index (χ1v) is 9.35. The van der Waals surface area contributed by atoms with Crippen molar-refractivity contribution in [2.24, 2.45) is 0 Å². The molecular formula is C22H24N2O2. The Morgan fingerprint density at radius 3 is 2.38 bits per heavy atom. The predicted molar refractivity (Wildman–Crippen MR) is 102 cm³/mol. The second-order valence-corrected chi connectivity index (χ2v) is 7.37. The molecule has 0 aromatic heterocycles. The van der Waals surface area contributed by atoms with Gasteiger partial charge in [0.1, 0.15) is 5.54 Å². The average Bonchev–Trinajstić information content (AvgIpc) is 3.11. The molecule has 2 amide bonds. The molecule has 1 spiro atoms. The van der Waals surface area contributed by atoms with E-state index in [1.165, 1.54) is 0 Å². The molecule has 134 valence electrons. The maximum Gasteiger partial charge on any atom is 0.254 e. The second kappa shape index (κ2) is 6.60. The molecule has 0 saturated carbocycles. The maximum atomic E-state index is 13.3. The van der Waals surface area contributed by atoms with Crippen molar-refractivity contribution < 1.29 is 9.59 Å². The normalized spacial score (nSPS) is 22.9. The van der Waals surface area contributed by atoms with E-state index < -0.39 is 5.54 Å². The van der Waals surface area contributed by atoms with E-state index in [0.29, 0.717) is 12.1 Å². The molecule has 2 fully saturated rings. The van der Waals surface area contributed by atoms with Crippen LogP contribution in [-0.4, -0.2) is 47.3 Å². The van der Waals surface area contributed by atoms with Crippen molar-refractivity contribution in [2.45, 2.75) is 31.2 Å². The fraction of sp³-hybridized carbons (Fsp3) is 0.364. The van der Waals surface area contributed by atoms with Gasteiger partial charge in [-0.15, -0.1) is 0 Å². The highest BCUT2D eigenvalue weighted by molar-refractivity contribution is 6.00. The zero-order chi connectivity index (χ0) is 18.1. The molecular weight excluding hydrogens is 324 g/mol. The van der Waals surface area contributed by atoms with Crippen LogP contribution in [-0.2, 0) is 4.79 Å². The molecule has 2 saturated heterocycles. The monoisotopic (exact) mass is 348 g/mol. The number of hydrogen-bond acceptors (Lipinski definition) is 2. The van der Waals surface area contributed by atoms with E-state index in [1.54, 1.807) is 4.90 Å². The summed E-state index contributed by atoms with van der Waals surface area (Å²) in [5, 5.41) is 0. The molecule has 0 aliphatic carbocycles. The van der Waals surface area contributed by atoms with Crippen LogP contribution < -0.4 is 0 Å². The number of likely N-dealkylation sites (N-methyl/N-ethyl adjacent to an activating group) is 1. The second-order valence-electron chi connectivity index (χ2n) is 7.37. The van der Waals surface area contributed by atoms with Gasteiger partial charge in [0.15, 0.2) is 0 Å². The number of benzene rings is 2. The van der Waals surface area contributed by atoms with Gasteiger partial charge in [-0.05, 0) is 48.9 Å². The third-order valence-electron chi connectivity index (χ3n) is 5.78. The van der Waals surface area contributed by atoms with Crippen molar-refractivity contribution in [3.05, 3.63) is 60.2 Å². The van der Waals surface area contributed by atoms with Crippen LogP contribution in [0.3, 0.4) is 0 Å². The molecule has 4 heteroatoms. The fourth-order valence-electron chi connectivity index (χ4n) is 4.45. The van der Waals surface area contributed by atoms with E-state index in [4.69, 9.17) is 0 Å². The van der Waals surface area contributed by atoms with Crippen molar-refractivity contribution in [3.8, 4) is 11.1 Å². The van der Waals surface area contributed by atoms with Gasteiger partial charge in [0.25, 0.3) is 5.91 Å². The molecule has 1 unspecified atom stereocenters. The number of rotatable bonds is 2. The molecule has 1 atom stereocenters. The van der Waals surface area contributed by atoms with Crippen molar-refractivity contribution in [3.63, 3.8) is 0 Å². The predicted octanol–water partition coefficient (Wildman–Crippen LogP) is 3.58. The van der Waals surface area contributed by atoms with Crippen LogP contribution in [0.4, 0.5) is 0 Å². The molecule has 2 aromatic rings. The number of hydrogen-bond donors (Lipinski definition) is 0. The SMILES string of the molecule is CN1CCCC2(CCCN2C(=O)c2cccc(-c3ccccc3)c2)C1=O. The molecule has 2 aliphatic heterocycles. The molecule has 0 bridgehead atoms. The minimum absolute atomic E-state index is 0.0241. The lowest BCUT2D eigenvalue weighted by Gasteiger charge is -2.43. The first-order chi connectivity index (χ1) is 12.6. The summed E-state index contributed by atoms with van der Waals surface area (Å²) in [4.78, 5) is 29.9. The van der Waals surface area contributed by atoms with Crippen LogP contribution in [0.1, 0.15) is 36.0 Å². The first-order valence-electron chi connectivity index (χ1n) is 9.35. The largest absolute Gasteiger partial charge is 0.344 e. The van der Waals surface area contributed by atoms with Gasteiger partial charge >= 0.3 is 0 Å². The van der Waals surface area contributed by atoms with Crippen molar-refractivity contribution in [1.82, 2.24) is 9.80 Å². The number of nitrogens with zero attached hydrogens (tertiary/aromatic N) is 2. The van der Waals surface area contributed by atoms with Crippen LogP contribution in [0, 0.1) is 0 Å². The fourth-order valence-corrected chi connectivity index (χ4v) is 4.45. The zero-order valence-corrected chi connectivity index (χ0v) is 15.1. The summed E-state index contributed by atoms with van der Waals surface area (Å²) in [5.41, 5.74) is 2.14. The van der Waals surface area contributed by atoms with E-state index in [-0.39, 0.29) is 11.8 Å². The van der Waals surface area contributed by atoms with Crippen LogP contribution in [0.5, 0.6) is 0 Å². The van der Waals surface area contributed by atoms with E-state index in [0.717, 1.165) is 43.4 Å². The average molecular weight is 348 g/mol. The number of amides is 2. The lowest BCUT2D eigenvalue weighted by molar-refractivity contribution is -0.144. The molecule has 4 nitrogen and oxygen atoms in total. The Balaban J connectivity index is 1.66. The molecule has 2 aliphatic rings. The number of piperidine rings is 1. The van der Waals surface area contributed by atoms with Crippen molar-refractivity contribution >= 4 is 11.8 Å². The van der Waals surface area contributed by atoms with Crippen LogP contribution >= 0.6 is 0 Å². The molecule has 2 heterocycles. The molecule has 2 aromatic carbocycles. The Hall–Kier alpha value is -2.62. The standard InChI is InChI=1S/C22H24N2O2/c1-23-14-6-12-22(21(23)26)13-7-15-24(22)20(25)19-11-5-10-18(16-19)17-8-3-2-4-9-17/h2-5,8-11,16H,6-7,12-15H2,1H3. The summed E-state index contributed by atoms with van der Waals surface area (Å²) < 4.78 is 0. The quantitative estimate of drug-likeness (QED) is 0.832. The van der Waals surface area contributed by atoms with Gasteiger partial charge in [-0.3, -0.25) is 9.59 Å². The summed E-state index contributed by atoms with van der Waals surface area (Å²) in [7, 11) is 1.85. The van der Waals surface area contributed by atoms with Crippen LogP contribution in [0.25, 0.3) is 11.1 Å². The summed E-state index contributed by atoms with van der Waals surface area (Å²) in [6, 6.07) is 17.8. The highest BCUT2D eigenvalue weighted by atomic mass is 16.2. The van der Waals surface area contributed by atoms with Gasteiger partial charge in [0.2, 0.25) is 5.91 Å². The zero-order valence-electron chi connectivity index (χ0n) is 15.1. The van der Waals surface area contributed by atoms with Gasteiger partial charge in [-0.2, -0.15) is 0 Å². The smallest absolute Gasteiger partial charge is 0.254 e. The Labute approximate surface area is 154 Å². The van der Waals surface area contributed by atoms with Crippen LogP contribution in [0.15, 0.2) is 54.6 Å². The molecule has 4 rings (SSSR count). The minimum Gasteiger partial charge on any atom is -0.344 e. The van der Waals surface area contributed by atoms with E-state index >= 15 is 0 Å². The lowest BCUT2D eigenvalue weighted by atomic mass is 9.85. The van der Waals surface area contributed by atoms with Gasteiger partial charge in [-0.1, -0.05) is 42.5 Å². The minimum atomic E-state index is -0.632. The summed E-state index contributed by atoms with van der Waals surface area (Å²) >= 11 is 0. The Morgan fingerprint density at radius 1 is 0.923 bits per heavy atom. The highest BCUT2D eigenvalue weighted by Crippen LogP contribution is 2.39. The summed E-state index contributed by atoms with van der Waals surface area (Å²) in [6.45, 7) is 1.44. The Bertz CT molecular complexity index is 833. The lowest BCUT2D eigenvalue weighted by Crippen LogP contribution is -2.60. The molecule has 26 heavy (non-hydrogen) atoms. The van der Waals surface area contributed by atoms with E-state index in [1.807, 2.05) is 66.5 Å². The van der Waals surface area contributed by atoms with E-state index in [9.17, 15) is 9.59 Å². The third kappa shape index (κ3) is 2.70. The summed E-state index contributed by atoms with van der Waals surface area (Å²) in [6.07, 6.45) is 3.40. The van der Waals surface area contributed by atoms with Gasteiger partial charge in [-0.25, -0.2) is 0 Å². The highest BCUT2D eigenvalue weighted by Gasteiger charge is 2.52. The van der Waals surface area contributed by atoms with Gasteiger partial charge in [0.05, 0.1) is 0 Å². The summed E-state index contributed by atoms with van der Waals surface area (Å²) in [5.74, 6) is 0.0812. The maximum absolute atomic E-state index is 13.3. The topological polar surface area (TPSA) is 40.6 Å². The Kier molecular flexibility index (Phi) is 4.27. The molecule has 0 radical (unpaired) electrons. The first kappa shape index (κ1) is 16.8. The van der Waals surface area contributed by atoms with Crippen molar-refractivity contribution in [2.75, 3.05) is 20.1 Å². The third-order valence-corrected chi connectivity index (χ3v) is 5.78. The number of carbonyl (C=O) groups is 2. The van der Waals surface area contributed by atoms with Crippen LogP contribution in [0.2, 0.25) is 0 Å². The molecule has 0 N–H and O–H groups in total. The van der Waals surface area contributed by atoms with Crippen molar-refractivity contribution in [1.29, 1.82) is 0 Å². The number of carbonyl (C=O) groups excluding carboxylic acids is 2. The van der Waals surface area contributed by atoms with Gasteiger partial charge in [0, 0.05) is 25.7 Å². The number of likely N-dealkylation sites (tertiary alicyclic amines) is 2. The van der Waals surface area contributed by atoms with E-state index in [2.05, 4.69) is 0 Å². The van der Waals surface area contributed by atoms with Gasteiger partial charge < -0.3 is 9.80 Å².